The second-order valence-electron chi connectivity index (χ2n) is 5.43. The molecule has 1 unspecified atom stereocenters. The maximum absolute atomic E-state index is 3.80. The summed E-state index contributed by atoms with van der Waals surface area (Å²) in [6.07, 6.45) is 3.77. The molecule has 0 saturated carbocycles. The van der Waals surface area contributed by atoms with E-state index in [0.29, 0.717) is 6.04 Å². The van der Waals surface area contributed by atoms with Gasteiger partial charge in [0.25, 0.3) is 0 Å². The third-order valence-corrected chi connectivity index (χ3v) is 6.33. The van der Waals surface area contributed by atoms with Crippen LogP contribution in [-0.4, -0.2) is 0 Å². The van der Waals surface area contributed by atoms with E-state index in [4.69, 9.17) is 0 Å². The number of benzene rings is 1. The molecule has 0 bridgehead atoms. The molecule has 1 atom stereocenters. The Labute approximate surface area is 146 Å². The number of nitrogens with one attached hydrogen (secondary N) is 1. The normalized spacial score (nSPS) is 17.9. The van der Waals surface area contributed by atoms with Crippen molar-refractivity contribution in [3.05, 3.63) is 47.1 Å². The Balaban J connectivity index is 1.93. The Kier molecular flexibility index (Phi) is 4.43. The second-order valence-corrected chi connectivity index (χ2v) is 9.38. The first kappa shape index (κ1) is 14.9. The molecular formula is C16H17BrINS. The topological polar surface area (TPSA) is 12.0 Å². The van der Waals surface area contributed by atoms with E-state index in [1.807, 2.05) is 11.3 Å². The summed E-state index contributed by atoms with van der Waals surface area (Å²) in [6.45, 7) is 4.36. The summed E-state index contributed by atoms with van der Waals surface area (Å²) >= 11 is 7.97. The van der Waals surface area contributed by atoms with Gasteiger partial charge < -0.3 is 5.32 Å². The van der Waals surface area contributed by atoms with Gasteiger partial charge in [-0.1, -0.05) is 15.9 Å². The van der Waals surface area contributed by atoms with Crippen molar-refractivity contribution in [1.82, 2.24) is 0 Å². The summed E-state index contributed by atoms with van der Waals surface area (Å²) in [7, 11) is 0. The summed E-state index contributed by atoms with van der Waals surface area (Å²) < 4.78 is 2.57. The van der Waals surface area contributed by atoms with Gasteiger partial charge in [0.1, 0.15) is 0 Å². The Morgan fingerprint density at radius 2 is 1.95 bits per heavy atom. The van der Waals surface area contributed by atoms with E-state index in [-0.39, 0.29) is 0 Å². The standard InChI is InChI=1S/C16H17BrINS/c1-9-6-11(17)7-10(2)16(9)19-13-4-3-5-14-12(13)8-15(18)20-14/h6-8,13,19H,3-5H2,1-2H3. The van der Waals surface area contributed by atoms with Crippen LogP contribution in [-0.2, 0) is 6.42 Å². The van der Waals surface area contributed by atoms with Gasteiger partial charge in [-0.25, -0.2) is 0 Å². The summed E-state index contributed by atoms with van der Waals surface area (Å²) in [6, 6.07) is 7.21. The van der Waals surface area contributed by atoms with Crippen LogP contribution in [0.5, 0.6) is 0 Å². The van der Waals surface area contributed by atoms with Gasteiger partial charge in [0.15, 0.2) is 0 Å². The highest BCUT2D eigenvalue weighted by molar-refractivity contribution is 14.1. The number of fused-ring (bicyclic) bond motifs is 1. The third-order valence-electron chi connectivity index (χ3n) is 3.90. The molecule has 1 N–H and O–H groups in total. The van der Waals surface area contributed by atoms with Gasteiger partial charge >= 0.3 is 0 Å². The molecule has 1 aliphatic rings. The molecule has 1 aromatic heterocycles. The van der Waals surface area contributed by atoms with Crippen molar-refractivity contribution in [2.45, 2.75) is 39.2 Å². The molecule has 106 valence electrons. The lowest BCUT2D eigenvalue weighted by atomic mass is 9.93. The molecule has 1 aliphatic carbocycles. The quantitative estimate of drug-likeness (QED) is 0.523. The van der Waals surface area contributed by atoms with Gasteiger partial charge in [-0.3, -0.25) is 0 Å². The van der Waals surface area contributed by atoms with Gasteiger partial charge in [-0.05, 0) is 90.6 Å². The average molecular weight is 462 g/mol. The number of hydrogen-bond donors (Lipinski definition) is 1. The first-order chi connectivity index (χ1) is 9.54. The molecule has 0 spiro atoms. The number of halogens is 2. The Morgan fingerprint density at radius 1 is 1.25 bits per heavy atom. The minimum absolute atomic E-state index is 0.470. The predicted molar refractivity (Wildman–Crippen MR) is 100.0 cm³/mol. The van der Waals surface area contributed by atoms with Crippen LogP contribution in [0.4, 0.5) is 5.69 Å². The lowest BCUT2D eigenvalue weighted by molar-refractivity contribution is 0.608. The minimum Gasteiger partial charge on any atom is -0.378 e. The van der Waals surface area contributed by atoms with Crippen molar-refractivity contribution in [3.63, 3.8) is 0 Å². The van der Waals surface area contributed by atoms with Crippen LogP contribution < -0.4 is 5.32 Å². The van der Waals surface area contributed by atoms with E-state index >= 15 is 0 Å². The third kappa shape index (κ3) is 2.92. The number of anilines is 1. The number of thiophene rings is 1. The molecule has 1 nitrogen and oxygen atoms in total. The maximum atomic E-state index is 3.80. The number of aryl methyl sites for hydroxylation is 3. The molecular weight excluding hydrogens is 445 g/mol. The minimum atomic E-state index is 0.470. The Hall–Kier alpha value is -0.0700. The average Bonchev–Trinajstić information content (AvgIpc) is 2.74. The molecule has 4 heteroatoms. The Morgan fingerprint density at radius 3 is 2.65 bits per heavy atom. The first-order valence-corrected chi connectivity index (χ1v) is 9.55. The number of hydrogen-bond acceptors (Lipinski definition) is 2. The molecule has 2 aromatic rings. The highest BCUT2D eigenvalue weighted by atomic mass is 127. The van der Waals surface area contributed by atoms with Crippen LogP contribution in [0.2, 0.25) is 0 Å². The van der Waals surface area contributed by atoms with Crippen molar-refractivity contribution >= 4 is 55.5 Å². The molecule has 0 fully saturated rings. The van der Waals surface area contributed by atoms with Crippen molar-refractivity contribution < 1.29 is 0 Å². The van der Waals surface area contributed by atoms with E-state index in [2.05, 4.69) is 75.9 Å². The molecule has 0 saturated heterocycles. The van der Waals surface area contributed by atoms with Crippen LogP contribution in [0, 0.1) is 16.7 Å². The summed E-state index contributed by atoms with van der Waals surface area (Å²) in [5.74, 6) is 0. The summed E-state index contributed by atoms with van der Waals surface area (Å²) in [5.41, 5.74) is 5.45. The molecule has 20 heavy (non-hydrogen) atoms. The molecule has 0 amide bonds. The maximum Gasteiger partial charge on any atom is 0.0660 e. The van der Waals surface area contributed by atoms with Crippen LogP contribution in [0.3, 0.4) is 0 Å². The van der Waals surface area contributed by atoms with E-state index in [0.717, 1.165) is 4.47 Å². The fourth-order valence-electron chi connectivity index (χ4n) is 2.98. The monoisotopic (exact) mass is 461 g/mol. The predicted octanol–water partition coefficient (Wildman–Crippen LogP) is 6.22. The SMILES string of the molecule is Cc1cc(Br)cc(C)c1NC1CCCc2sc(I)cc21. The Bertz CT molecular complexity index is 627. The molecule has 3 rings (SSSR count). The molecule has 1 heterocycles. The first-order valence-electron chi connectivity index (χ1n) is 6.86. The fourth-order valence-corrected chi connectivity index (χ4v) is 5.79. The highest BCUT2D eigenvalue weighted by Crippen LogP contribution is 2.39. The molecule has 0 radical (unpaired) electrons. The van der Waals surface area contributed by atoms with Crippen LogP contribution >= 0.6 is 49.9 Å². The van der Waals surface area contributed by atoms with Crippen molar-refractivity contribution in [2.75, 3.05) is 5.32 Å². The van der Waals surface area contributed by atoms with Gasteiger partial charge in [0.05, 0.1) is 8.93 Å². The zero-order chi connectivity index (χ0) is 14.3. The van der Waals surface area contributed by atoms with Crippen molar-refractivity contribution in [3.8, 4) is 0 Å². The van der Waals surface area contributed by atoms with Gasteiger partial charge in [-0.2, -0.15) is 0 Å². The highest BCUT2D eigenvalue weighted by Gasteiger charge is 2.23. The summed E-state index contributed by atoms with van der Waals surface area (Å²) in [4.78, 5) is 1.57. The largest absolute Gasteiger partial charge is 0.378 e. The van der Waals surface area contributed by atoms with E-state index < -0.39 is 0 Å². The van der Waals surface area contributed by atoms with Gasteiger partial charge in [0, 0.05) is 15.0 Å². The van der Waals surface area contributed by atoms with Crippen LogP contribution in [0.1, 0.15) is 40.5 Å². The zero-order valence-electron chi connectivity index (χ0n) is 11.6. The van der Waals surface area contributed by atoms with Crippen LogP contribution in [0.15, 0.2) is 22.7 Å². The van der Waals surface area contributed by atoms with Gasteiger partial charge in [-0.15, -0.1) is 11.3 Å². The zero-order valence-corrected chi connectivity index (χ0v) is 16.2. The van der Waals surface area contributed by atoms with Crippen LogP contribution in [0.25, 0.3) is 0 Å². The molecule has 1 aromatic carbocycles. The lowest BCUT2D eigenvalue weighted by Crippen LogP contribution is -2.16. The molecule has 0 aliphatic heterocycles. The smallest absolute Gasteiger partial charge is 0.0660 e. The fraction of sp³-hybridized carbons (Fsp3) is 0.375. The van der Waals surface area contributed by atoms with Crippen molar-refractivity contribution in [2.24, 2.45) is 0 Å². The van der Waals surface area contributed by atoms with E-state index in [1.165, 1.54) is 44.5 Å². The lowest BCUT2D eigenvalue weighted by Gasteiger charge is -2.26. The van der Waals surface area contributed by atoms with E-state index in [1.54, 1.807) is 4.88 Å². The second kappa shape index (κ2) is 5.97. The van der Waals surface area contributed by atoms with Crippen molar-refractivity contribution in [1.29, 1.82) is 0 Å². The van der Waals surface area contributed by atoms with E-state index in [9.17, 15) is 0 Å². The van der Waals surface area contributed by atoms with Gasteiger partial charge in [0.2, 0.25) is 0 Å². The number of rotatable bonds is 2. The summed E-state index contributed by atoms with van der Waals surface area (Å²) in [5, 5.41) is 3.80.